The van der Waals surface area contributed by atoms with Crippen molar-refractivity contribution in [2.24, 2.45) is 0 Å². The van der Waals surface area contributed by atoms with Gasteiger partial charge in [-0.25, -0.2) is 0 Å². The van der Waals surface area contributed by atoms with Crippen LogP contribution in [0.4, 0.5) is 0 Å². The molecule has 0 radical (unpaired) electrons. The van der Waals surface area contributed by atoms with Crippen LogP contribution in [0.15, 0.2) is 46.9 Å². The van der Waals surface area contributed by atoms with Crippen LogP contribution in [0.2, 0.25) is 0 Å². The van der Waals surface area contributed by atoms with E-state index in [1.165, 1.54) is 16.7 Å². The summed E-state index contributed by atoms with van der Waals surface area (Å²) < 4.78 is 6.26. The smallest absolute Gasteiger partial charge is 0.133 e. The fourth-order valence-electron chi connectivity index (χ4n) is 2.38. The molecule has 1 atom stereocenters. The molecule has 3 heteroatoms. The predicted octanol–water partition coefficient (Wildman–Crippen LogP) is 4.33. The standard InChI is InChI=1S/C17H20BrNO/c1-4-12-6-5-7-13(10-12)17(19-2)14-8-9-16(20-3)15(18)11-14/h5-11,17,19H,4H2,1-3H3. The van der Waals surface area contributed by atoms with Crippen LogP contribution in [0, 0.1) is 0 Å². The van der Waals surface area contributed by atoms with Crippen LogP contribution >= 0.6 is 15.9 Å². The highest BCUT2D eigenvalue weighted by Gasteiger charge is 2.13. The topological polar surface area (TPSA) is 21.3 Å². The first-order chi connectivity index (χ1) is 9.69. The summed E-state index contributed by atoms with van der Waals surface area (Å²) in [7, 11) is 3.67. The Labute approximate surface area is 129 Å². The van der Waals surface area contributed by atoms with Crippen LogP contribution in [0.25, 0.3) is 0 Å². The lowest BCUT2D eigenvalue weighted by molar-refractivity contribution is 0.412. The number of methoxy groups -OCH3 is 1. The predicted molar refractivity (Wildman–Crippen MR) is 87.4 cm³/mol. The van der Waals surface area contributed by atoms with Crippen molar-refractivity contribution in [1.82, 2.24) is 5.32 Å². The van der Waals surface area contributed by atoms with E-state index < -0.39 is 0 Å². The largest absolute Gasteiger partial charge is 0.496 e. The molecule has 0 aliphatic carbocycles. The first-order valence-corrected chi connectivity index (χ1v) is 7.58. The second kappa shape index (κ2) is 6.91. The number of aryl methyl sites for hydroxylation is 1. The Morgan fingerprint density at radius 2 is 1.90 bits per heavy atom. The first kappa shape index (κ1) is 15.1. The van der Waals surface area contributed by atoms with Crippen LogP contribution in [-0.2, 0) is 6.42 Å². The maximum absolute atomic E-state index is 5.29. The molecule has 1 unspecified atom stereocenters. The molecule has 2 aromatic carbocycles. The van der Waals surface area contributed by atoms with Gasteiger partial charge in [-0.2, -0.15) is 0 Å². The SMILES string of the molecule is CCc1cccc(C(NC)c2ccc(OC)c(Br)c2)c1. The van der Waals surface area contributed by atoms with Crippen molar-refractivity contribution in [2.75, 3.05) is 14.2 Å². The molecule has 0 saturated heterocycles. The number of halogens is 1. The number of ether oxygens (including phenoxy) is 1. The molecule has 2 nitrogen and oxygen atoms in total. The lowest BCUT2D eigenvalue weighted by Crippen LogP contribution is -2.17. The highest BCUT2D eigenvalue weighted by molar-refractivity contribution is 9.10. The Morgan fingerprint density at radius 1 is 1.15 bits per heavy atom. The molecule has 0 saturated carbocycles. The minimum absolute atomic E-state index is 0.184. The third-order valence-electron chi connectivity index (χ3n) is 3.49. The van der Waals surface area contributed by atoms with E-state index in [4.69, 9.17) is 4.74 Å². The minimum atomic E-state index is 0.184. The third kappa shape index (κ3) is 3.22. The number of nitrogens with one attached hydrogen (secondary N) is 1. The Balaban J connectivity index is 2.38. The molecule has 0 heterocycles. The molecule has 2 rings (SSSR count). The molecule has 0 fully saturated rings. The zero-order chi connectivity index (χ0) is 14.5. The lowest BCUT2D eigenvalue weighted by atomic mass is 9.96. The van der Waals surface area contributed by atoms with Crippen molar-refractivity contribution in [3.63, 3.8) is 0 Å². The number of rotatable bonds is 5. The van der Waals surface area contributed by atoms with Crippen LogP contribution < -0.4 is 10.1 Å². The Morgan fingerprint density at radius 3 is 2.50 bits per heavy atom. The third-order valence-corrected chi connectivity index (χ3v) is 4.11. The molecule has 0 bridgehead atoms. The summed E-state index contributed by atoms with van der Waals surface area (Å²) in [5.41, 5.74) is 3.85. The highest BCUT2D eigenvalue weighted by atomic mass is 79.9. The zero-order valence-corrected chi connectivity index (χ0v) is 13.7. The van der Waals surface area contributed by atoms with E-state index in [1.807, 2.05) is 13.1 Å². The summed E-state index contributed by atoms with van der Waals surface area (Å²) in [6.45, 7) is 2.18. The summed E-state index contributed by atoms with van der Waals surface area (Å²) in [4.78, 5) is 0. The highest BCUT2D eigenvalue weighted by Crippen LogP contribution is 2.30. The number of benzene rings is 2. The normalized spacial score (nSPS) is 12.2. The molecular weight excluding hydrogens is 314 g/mol. The second-order valence-corrected chi connectivity index (χ2v) is 5.57. The minimum Gasteiger partial charge on any atom is -0.496 e. The maximum atomic E-state index is 5.29. The molecule has 0 aromatic heterocycles. The monoisotopic (exact) mass is 333 g/mol. The van der Waals surface area contributed by atoms with E-state index in [2.05, 4.69) is 64.6 Å². The van der Waals surface area contributed by atoms with E-state index in [1.54, 1.807) is 7.11 Å². The number of hydrogen-bond donors (Lipinski definition) is 1. The molecule has 106 valence electrons. The molecule has 0 aliphatic heterocycles. The van der Waals surface area contributed by atoms with E-state index >= 15 is 0 Å². The van der Waals surface area contributed by atoms with E-state index in [-0.39, 0.29) is 6.04 Å². The van der Waals surface area contributed by atoms with Crippen LogP contribution in [0.5, 0.6) is 5.75 Å². The van der Waals surface area contributed by atoms with Crippen LogP contribution in [0.3, 0.4) is 0 Å². The van der Waals surface area contributed by atoms with Crippen LogP contribution in [0.1, 0.15) is 29.7 Å². The molecule has 0 spiro atoms. The molecule has 1 N–H and O–H groups in total. The van der Waals surface area contributed by atoms with Crippen molar-refractivity contribution in [1.29, 1.82) is 0 Å². The zero-order valence-electron chi connectivity index (χ0n) is 12.1. The van der Waals surface area contributed by atoms with Crippen molar-refractivity contribution >= 4 is 15.9 Å². The van der Waals surface area contributed by atoms with Gasteiger partial charge >= 0.3 is 0 Å². The molecular formula is C17H20BrNO. The number of hydrogen-bond acceptors (Lipinski definition) is 2. The van der Waals surface area contributed by atoms with Gasteiger partial charge in [0.2, 0.25) is 0 Å². The molecule has 0 amide bonds. The van der Waals surface area contributed by atoms with Gasteiger partial charge in [-0.05, 0) is 58.2 Å². The van der Waals surface area contributed by atoms with Gasteiger partial charge in [0.15, 0.2) is 0 Å². The van der Waals surface area contributed by atoms with Gasteiger partial charge < -0.3 is 10.1 Å². The van der Waals surface area contributed by atoms with Gasteiger partial charge in [-0.15, -0.1) is 0 Å². The fourth-order valence-corrected chi connectivity index (χ4v) is 2.94. The lowest BCUT2D eigenvalue weighted by Gasteiger charge is -2.19. The van der Waals surface area contributed by atoms with Gasteiger partial charge in [0.1, 0.15) is 5.75 Å². The maximum Gasteiger partial charge on any atom is 0.133 e. The Bertz CT molecular complexity index is 583. The average Bonchev–Trinajstić information content (AvgIpc) is 2.48. The van der Waals surface area contributed by atoms with Crippen molar-refractivity contribution in [3.8, 4) is 5.75 Å². The summed E-state index contributed by atoms with van der Waals surface area (Å²) in [6.07, 6.45) is 1.05. The van der Waals surface area contributed by atoms with Gasteiger partial charge in [0.05, 0.1) is 17.6 Å². The summed E-state index contributed by atoms with van der Waals surface area (Å²) in [6, 6.07) is 15.1. The molecule has 20 heavy (non-hydrogen) atoms. The average molecular weight is 334 g/mol. The van der Waals surface area contributed by atoms with Crippen molar-refractivity contribution in [2.45, 2.75) is 19.4 Å². The van der Waals surface area contributed by atoms with Gasteiger partial charge in [-0.3, -0.25) is 0 Å². The summed E-state index contributed by atoms with van der Waals surface area (Å²) in [5.74, 6) is 0.853. The van der Waals surface area contributed by atoms with Crippen molar-refractivity contribution in [3.05, 3.63) is 63.6 Å². The van der Waals surface area contributed by atoms with E-state index in [0.29, 0.717) is 0 Å². The Hall–Kier alpha value is -1.32. The first-order valence-electron chi connectivity index (χ1n) is 6.79. The van der Waals surface area contributed by atoms with E-state index in [9.17, 15) is 0 Å². The molecule has 0 aliphatic rings. The quantitative estimate of drug-likeness (QED) is 0.879. The summed E-state index contributed by atoms with van der Waals surface area (Å²) in [5, 5.41) is 3.39. The van der Waals surface area contributed by atoms with Gasteiger partial charge in [0.25, 0.3) is 0 Å². The van der Waals surface area contributed by atoms with Gasteiger partial charge in [0, 0.05) is 0 Å². The van der Waals surface area contributed by atoms with Crippen molar-refractivity contribution < 1.29 is 4.74 Å². The van der Waals surface area contributed by atoms with E-state index in [0.717, 1.165) is 16.6 Å². The molecule has 2 aromatic rings. The fraction of sp³-hybridized carbons (Fsp3) is 0.294. The Kier molecular flexibility index (Phi) is 5.21. The van der Waals surface area contributed by atoms with Gasteiger partial charge in [-0.1, -0.05) is 37.3 Å². The second-order valence-electron chi connectivity index (χ2n) is 4.71. The summed E-state index contributed by atoms with van der Waals surface area (Å²) >= 11 is 3.55. The van der Waals surface area contributed by atoms with Crippen LogP contribution in [-0.4, -0.2) is 14.2 Å².